The van der Waals surface area contributed by atoms with Crippen molar-refractivity contribution < 1.29 is 4.74 Å². The lowest BCUT2D eigenvalue weighted by Gasteiger charge is -2.32. The third-order valence-electron chi connectivity index (χ3n) is 3.02. The number of ether oxygens (including phenoxy) is 1. The number of alkyl halides is 1. The van der Waals surface area contributed by atoms with Crippen LogP contribution in [0.4, 0.5) is 0 Å². The number of nitrogens with zero attached hydrogens (tertiary/aromatic N) is 1. The second-order valence-corrected chi connectivity index (χ2v) is 5.00. The number of hydrogen-bond donors (Lipinski definition) is 0. The Morgan fingerprint density at radius 2 is 2.20 bits per heavy atom. The highest BCUT2D eigenvalue weighted by molar-refractivity contribution is 6.17. The Kier molecular flexibility index (Phi) is 6.62. The van der Waals surface area contributed by atoms with Gasteiger partial charge in [-0.15, -0.1) is 11.6 Å². The van der Waals surface area contributed by atoms with Gasteiger partial charge in [-0.3, -0.25) is 4.90 Å². The molecule has 0 amide bonds. The van der Waals surface area contributed by atoms with Gasteiger partial charge in [0.15, 0.2) is 0 Å². The monoisotopic (exact) mass is 233 g/mol. The molecule has 0 spiro atoms. The molecule has 1 unspecified atom stereocenters. The molecule has 3 heteroatoms. The fourth-order valence-corrected chi connectivity index (χ4v) is 2.16. The van der Waals surface area contributed by atoms with Crippen molar-refractivity contribution in [1.29, 1.82) is 0 Å². The lowest BCUT2D eigenvalue weighted by molar-refractivity contribution is -0.0110. The molecule has 90 valence electrons. The quantitative estimate of drug-likeness (QED) is 0.655. The van der Waals surface area contributed by atoms with Crippen LogP contribution in [-0.4, -0.2) is 42.6 Å². The van der Waals surface area contributed by atoms with E-state index in [4.69, 9.17) is 16.3 Å². The van der Waals surface area contributed by atoms with E-state index in [0.717, 1.165) is 32.0 Å². The molecule has 1 saturated heterocycles. The van der Waals surface area contributed by atoms with Crippen LogP contribution in [0.5, 0.6) is 0 Å². The Morgan fingerprint density at radius 3 is 2.73 bits per heavy atom. The van der Waals surface area contributed by atoms with E-state index in [2.05, 4.69) is 18.7 Å². The normalized spacial score (nSPS) is 22.6. The Balaban J connectivity index is 2.28. The van der Waals surface area contributed by atoms with Crippen molar-refractivity contribution in [2.75, 3.05) is 25.6 Å². The van der Waals surface area contributed by atoms with Crippen molar-refractivity contribution in [1.82, 2.24) is 4.90 Å². The highest BCUT2D eigenvalue weighted by Gasteiger charge is 2.18. The lowest BCUT2D eigenvalue weighted by Crippen LogP contribution is -2.40. The summed E-state index contributed by atoms with van der Waals surface area (Å²) in [6, 6.07) is 0.596. The first kappa shape index (κ1) is 13.3. The van der Waals surface area contributed by atoms with Gasteiger partial charge in [0.1, 0.15) is 0 Å². The second-order valence-electron chi connectivity index (χ2n) is 4.62. The van der Waals surface area contributed by atoms with Crippen molar-refractivity contribution in [2.24, 2.45) is 0 Å². The van der Waals surface area contributed by atoms with E-state index in [-0.39, 0.29) is 0 Å². The summed E-state index contributed by atoms with van der Waals surface area (Å²) in [5, 5.41) is 0. The molecule has 1 heterocycles. The highest BCUT2D eigenvalue weighted by atomic mass is 35.5. The van der Waals surface area contributed by atoms with Crippen molar-refractivity contribution in [2.45, 2.75) is 51.7 Å². The van der Waals surface area contributed by atoms with Crippen molar-refractivity contribution in [3.8, 4) is 0 Å². The first-order valence-corrected chi connectivity index (χ1v) is 6.69. The standard InChI is InChI=1S/C12H24ClNO/c1-11(2)14(8-5-7-13)10-12-6-3-4-9-15-12/h11-12H,3-10H2,1-2H3. The first-order chi connectivity index (χ1) is 7.24. The van der Waals surface area contributed by atoms with Gasteiger partial charge in [0.05, 0.1) is 6.10 Å². The molecule has 1 aliphatic rings. The van der Waals surface area contributed by atoms with Gasteiger partial charge in [-0.2, -0.15) is 0 Å². The maximum absolute atomic E-state index is 5.76. The van der Waals surface area contributed by atoms with Crippen LogP contribution in [0.2, 0.25) is 0 Å². The molecule has 0 aromatic heterocycles. The number of halogens is 1. The minimum absolute atomic E-state index is 0.455. The first-order valence-electron chi connectivity index (χ1n) is 6.15. The van der Waals surface area contributed by atoms with Gasteiger partial charge in [0.25, 0.3) is 0 Å². The summed E-state index contributed by atoms with van der Waals surface area (Å²) in [6.07, 6.45) is 5.32. The molecule has 0 bridgehead atoms. The Labute approximate surface area is 98.9 Å². The third kappa shape index (κ3) is 5.19. The summed E-state index contributed by atoms with van der Waals surface area (Å²) < 4.78 is 5.76. The van der Waals surface area contributed by atoms with Gasteiger partial charge in [-0.1, -0.05) is 0 Å². The molecule has 0 aromatic carbocycles. The maximum atomic E-state index is 5.76. The third-order valence-corrected chi connectivity index (χ3v) is 3.29. The number of rotatable bonds is 6. The molecule has 0 radical (unpaired) electrons. The molecule has 0 saturated carbocycles. The molecule has 0 N–H and O–H groups in total. The van der Waals surface area contributed by atoms with Gasteiger partial charge in [0.2, 0.25) is 0 Å². The molecule has 1 rings (SSSR count). The van der Waals surface area contributed by atoms with Crippen LogP contribution in [0.1, 0.15) is 39.5 Å². The van der Waals surface area contributed by atoms with Gasteiger partial charge in [-0.05, 0) is 46.1 Å². The van der Waals surface area contributed by atoms with Crippen molar-refractivity contribution in [3.63, 3.8) is 0 Å². The molecule has 2 nitrogen and oxygen atoms in total. The van der Waals surface area contributed by atoms with E-state index < -0.39 is 0 Å². The SMILES string of the molecule is CC(C)N(CCCCl)CC1CCCCO1. The topological polar surface area (TPSA) is 12.5 Å². The van der Waals surface area contributed by atoms with Crippen LogP contribution in [0.3, 0.4) is 0 Å². The zero-order valence-corrected chi connectivity index (χ0v) is 10.8. The lowest BCUT2D eigenvalue weighted by atomic mass is 10.1. The molecule has 0 aliphatic carbocycles. The van der Waals surface area contributed by atoms with E-state index in [0.29, 0.717) is 12.1 Å². The van der Waals surface area contributed by atoms with Crippen LogP contribution in [0.25, 0.3) is 0 Å². The van der Waals surface area contributed by atoms with E-state index in [1.807, 2.05) is 0 Å². The van der Waals surface area contributed by atoms with Crippen LogP contribution in [0.15, 0.2) is 0 Å². The predicted octanol–water partition coefficient (Wildman–Crippen LogP) is 2.89. The highest BCUT2D eigenvalue weighted by Crippen LogP contribution is 2.15. The zero-order chi connectivity index (χ0) is 11.1. The summed E-state index contributed by atoms with van der Waals surface area (Å²) in [5.41, 5.74) is 0. The molecule has 1 atom stereocenters. The summed E-state index contributed by atoms with van der Waals surface area (Å²) in [7, 11) is 0. The Bertz CT molecular complexity index is 158. The molecule has 1 aliphatic heterocycles. The average molecular weight is 234 g/mol. The second kappa shape index (κ2) is 7.48. The minimum atomic E-state index is 0.455. The Hall–Kier alpha value is 0.210. The van der Waals surface area contributed by atoms with E-state index in [9.17, 15) is 0 Å². The van der Waals surface area contributed by atoms with E-state index in [1.165, 1.54) is 19.3 Å². The van der Waals surface area contributed by atoms with Crippen molar-refractivity contribution in [3.05, 3.63) is 0 Å². The fraction of sp³-hybridized carbons (Fsp3) is 1.00. The largest absolute Gasteiger partial charge is 0.377 e. The summed E-state index contributed by atoms with van der Waals surface area (Å²) in [5.74, 6) is 0.759. The van der Waals surface area contributed by atoms with Crippen LogP contribution >= 0.6 is 11.6 Å². The van der Waals surface area contributed by atoms with Gasteiger partial charge < -0.3 is 4.74 Å². The van der Waals surface area contributed by atoms with Crippen LogP contribution in [0, 0.1) is 0 Å². The van der Waals surface area contributed by atoms with Crippen LogP contribution < -0.4 is 0 Å². The van der Waals surface area contributed by atoms with Gasteiger partial charge in [-0.25, -0.2) is 0 Å². The summed E-state index contributed by atoms with van der Waals surface area (Å²) in [4.78, 5) is 2.48. The molecule has 1 fully saturated rings. The van der Waals surface area contributed by atoms with Crippen LogP contribution in [-0.2, 0) is 4.74 Å². The predicted molar refractivity (Wildman–Crippen MR) is 65.6 cm³/mol. The molecule has 15 heavy (non-hydrogen) atoms. The summed E-state index contributed by atoms with van der Waals surface area (Å²) >= 11 is 5.74. The smallest absolute Gasteiger partial charge is 0.0702 e. The molecular formula is C12H24ClNO. The Morgan fingerprint density at radius 1 is 1.40 bits per heavy atom. The van der Waals surface area contributed by atoms with E-state index >= 15 is 0 Å². The molecular weight excluding hydrogens is 210 g/mol. The summed E-state index contributed by atoms with van der Waals surface area (Å²) in [6.45, 7) is 7.62. The fourth-order valence-electron chi connectivity index (χ4n) is 2.04. The van der Waals surface area contributed by atoms with E-state index in [1.54, 1.807) is 0 Å². The average Bonchev–Trinajstić information content (AvgIpc) is 2.25. The zero-order valence-electron chi connectivity index (χ0n) is 10.0. The van der Waals surface area contributed by atoms with Crippen molar-refractivity contribution >= 4 is 11.6 Å². The van der Waals surface area contributed by atoms with Gasteiger partial charge in [0, 0.05) is 25.1 Å². The number of hydrogen-bond acceptors (Lipinski definition) is 2. The maximum Gasteiger partial charge on any atom is 0.0702 e. The minimum Gasteiger partial charge on any atom is -0.377 e. The van der Waals surface area contributed by atoms with Gasteiger partial charge >= 0.3 is 0 Å². The molecule has 0 aromatic rings.